The molecule has 1 aliphatic rings. The third-order valence-electron chi connectivity index (χ3n) is 2.51. The van der Waals surface area contributed by atoms with Crippen LogP contribution in [0.4, 0.5) is 0 Å². The highest BCUT2D eigenvalue weighted by molar-refractivity contribution is 5.73. The lowest BCUT2D eigenvalue weighted by Crippen LogP contribution is -2.26. The van der Waals surface area contributed by atoms with E-state index in [-0.39, 0.29) is 6.10 Å². The van der Waals surface area contributed by atoms with Crippen LogP contribution in [0.5, 0.6) is 0 Å². The molecule has 0 saturated carbocycles. The Hall–Kier alpha value is -1.66. The van der Waals surface area contributed by atoms with Gasteiger partial charge in [0.15, 0.2) is 12.4 Å². The number of aromatic nitrogens is 3. The van der Waals surface area contributed by atoms with Crippen LogP contribution >= 0.6 is 0 Å². The molecule has 0 aliphatic carbocycles. The second-order valence-corrected chi connectivity index (χ2v) is 3.70. The van der Waals surface area contributed by atoms with Crippen molar-refractivity contribution < 1.29 is 14.7 Å². The molecule has 2 heterocycles. The van der Waals surface area contributed by atoms with E-state index in [2.05, 4.69) is 10.3 Å². The molecule has 3 rings (SSSR count). The molecule has 1 fully saturated rings. The van der Waals surface area contributed by atoms with Gasteiger partial charge in [0.2, 0.25) is 0 Å². The number of benzene rings is 1. The summed E-state index contributed by atoms with van der Waals surface area (Å²) in [5.41, 5.74) is 1.59. The van der Waals surface area contributed by atoms with Gasteiger partial charge in [0, 0.05) is 6.42 Å². The maximum Gasteiger partial charge on any atom is 0.158 e. The van der Waals surface area contributed by atoms with Crippen molar-refractivity contribution in [3.63, 3.8) is 0 Å². The Morgan fingerprint density at radius 2 is 2.31 bits per heavy atom. The van der Waals surface area contributed by atoms with Crippen molar-refractivity contribution in [3.05, 3.63) is 24.3 Å². The number of ether oxygens (including phenoxy) is 1. The fourth-order valence-corrected chi connectivity index (χ4v) is 1.72. The summed E-state index contributed by atoms with van der Waals surface area (Å²) in [6.07, 6.45) is -0.464. The minimum atomic E-state index is -0.736. The molecule has 1 aromatic carbocycles. The summed E-state index contributed by atoms with van der Waals surface area (Å²) < 4.78 is 5.00. The summed E-state index contributed by atoms with van der Waals surface area (Å²) in [4.78, 5) is 6.93. The molecule has 0 radical (unpaired) electrons. The zero-order chi connectivity index (χ0) is 11.0. The Morgan fingerprint density at radius 1 is 1.44 bits per heavy atom. The standard InChI is InChI=1S/C10H11N3O3/c14-10-5-7(6-15-10)16-13-9-4-2-1-3-8(9)11-12-13/h1-4,7,10,14H,5-6H2/t7-,10?/m0/s1. The van der Waals surface area contributed by atoms with E-state index < -0.39 is 6.29 Å². The minimum absolute atomic E-state index is 0.180. The fourth-order valence-electron chi connectivity index (χ4n) is 1.72. The smallest absolute Gasteiger partial charge is 0.158 e. The van der Waals surface area contributed by atoms with E-state index in [4.69, 9.17) is 9.57 Å². The summed E-state index contributed by atoms with van der Waals surface area (Å²) >= 11 is 0. The number of hydrogen-bond acceptors (Lipinski definition) is 5. The number of para-hydroxylation sites is 1. The summed E-state index contributed by atoms with van der Waals surface area (Å²) in [5, 5.41) is 17.0. The predicted molar refractivity (Wildman–Crippen MR) is 54.5 cm³/mol. The van der Waals surface area contributed by atoms with Crippen molar-refractivity contribution in [1.29, 1.82) is 0 Å². The number of aliphatic hydroxyl groups is 1. The van der Waals surface area contributed by atoms with E-state index in [1.807, 2.05) is 24.3 Å². The van der Waals surface area contributed by atoms with Gasteiger partial charge < -0.3 is 14.7 Å². The number of rotatable bonds is 2. The molecule has 1 aromatic heterocycles. The van der Waals surface area contributed by atoms with Crippen LogP contribution in [0, 0.1) is 0 Å². The van der Waals surface area contributed by atoms with Gasteiger partial charge in [-0.2, -0.15) is 0 Å². The Bertz CT molecular complexity index is 499. The second kappa shape index (κ2) is 3.73. The first-order chi connectivity index (χ1) is 7.83. The fraction of sp³-hybridized carbons (Fsp3) is 0.400. The maximum absolute atomic E-state index is 9.19. The monoisotopic (exact) mass is 221 g/mol. The highest BCUT2D eigenvalue weighted by Crippen LogP contribution is 2.14. The van der Waals surface area contributed by atoms with Gasteiger partial charge in [-0.15, -0.1) is 5.10 Å². The van der Waals surface area contributed by atoms with E-state index in [1.54, 1.807) is 0 Å². The van der Waals surface area contributed by atoms with Crippen LogP contribution < -0.4 is 4.84 Å². The summed E-state index contributed by atoms with van der Waals surface area (Å²) in [5.74, 6) is 0. The van der Waals surface area contributed by atoms with Crippen LogP contribution in [0.25, 0.3) is 11.0 Å². The Labute approximate surface area is 91.3 Å². The highest BCUT2D eigenvalue weighted by Gasteiger charge is 2.26. The molecule has 1 saturated heterocycles. The summed E-state index contributed by atoms with van der Waals surface area (Å²) in [7, 11) is 0. The van der Waals surface area contributed by atoms with Crippen molar-refractivity contribution in [3.8, 4) is 0 Å². The maximum atomic E-state index is 9.19. The molecule has 2 aromatic rings. The van der Waals surface area contributed by atoms with E-state index in [0.29, 0.717) is 13.0 Å². The van der Waals surface area contributed by atoms with Crippen LogP contribution in [-0.4, -0.2) is 39.3 Å². The zero-order valence-electron chi connectivity index (χ0n) is 8.48. The van der Waals surface area contributed by atoms with E-state index in [0.717, 1.165) is 11.0 Å². The molecule has 0 amide bonds. The third kappa shape index (κ3) is 1.62. The van der Waals surface area contributed by atoms with Crippen molar-refractivity contribution in [2.75, 3.05) is 6.61 Å². The van der Waals surface area contributed by atoms with Crippen LogP contribution in [0.15, 0.2) is 24.3 Å². The number of fused-ring (bicyclic) bond motifs is 1. The van der Waals surface area contributed by atoms with Crippen LogP contribution in [-0.2, 0) is 4.74 Å². The quantitative estimate of drug-likeness (QED) is 0.771. The molecule has 1 unspecified atom stereocenters. The van der Waals surface area contributed by atoms with Gasteiger partial charge in [-0.25, -0.2) is 0 Å². The van der Waals surface area contributed by atoms with Gasteiger partial charge in [-0.05, 0) is 17.3 Å². The van der Waals surface area contributed by atoms with Gasteiger partial charge >= 0.3 is 0 Å². The average Bonchev–Trinajstić information content (AvgIpc) is 2.87. The largest absolute Gasteiger partial charge is 0.389 e. The molecular formula is C10H11N3O3. The van der Waals surface area contributed by atoms with Gasteiger partial charge in [0.05, 0.1) is 6.61 Å². The first-order valence-electron chi connectivity index (χ1n) is 5.10. The lowest BCUT2D eigenvalue weighted by atomic mass is 10.3. The van der Waals surface area contributed by atoms with Crippen molar-refractivity contribution in [1.82, 2.24) is 15.2 Å². The van der Waals surface area contributed by atoms with E-state index >= 15 is 0 Å². The molecule has 0 spiro atoms. The van der Waals surface area contributed by atoms with Gasteiger partial charge in [-0.3, -0.25) is 0 Å². The lowest BCUT2D eigenvalue weighted by Gasteiger charge is -2.09. The molecule has 84 valence electrons. The molecule has 6 heteroatoms. The topological polar surface area (TPSA) is 69.4 Å². The molecule has 1 N–H and O–H groups in total. The number of aliphatic hydroxyl groups excluding tert-OH is 1. The Kier molecular flexibility index (Phi) is 2.23. The molecule has 2 atom stereocenters. The first-order valence-corrected chi connectivity index (χ1v) is 5.10. The molecule has 0 bridgehead atoms. The van der Waals surface area contributed by atoms with Gasteiger partial charge in [0.1, 0.15) is 11.0 Å². The lowest BCUT2D eigenvalue weighted by molar-refractivity contribution is -0.0604. The summed E-state index contributed by atoms with van der Waals surface area (Å²) in [6.45, 7) is 0.370. The van der Waals surface area contributed by atoms with Crippen molar-refractivity contribution in [2.45, 2.75) is 18.8 Å². The second-order valence-electron chi connectivity index (χ2n) is 3.70. The van der Waals surface area contributed by atoms with E-state index in [1.165, 1.54) is 4.85 Å². The van der Waals surface area contributed by atoms with Crippen molar-refractivity contribution in [2.24, 2.45) is 0 Å². The highest BCUT2D eigenvalue weighted by atomic mass is 16.7. The van der Waals surface area contributed by atoms with Crippen molar-refractivity contribution >= 4 is 11.0 Å². The summed E-state index contributed by atoms with van der Waals surface area (Å²) in [6, 6.07) is 7.53. The number of nitrogens with zero attached hydrogens (tertiary/aromatic N) is 3. The van der Waals surface area contributed by atoms with Crippen LogP contribution in [0.2, 0.25) is 0 Å². The normalized spacial score (nSPS) is 25.1. The third-order valence-corrected chi connectivity index (χ3v) is 2.51. The molecule has 6 nitrogen and oxygen atoms in total. The SMILES string of the molecule is OC1C[C@H](On2nnc3ccccc32)CO1. The van der Waals surface area contributed by atoms with E-state index in [9.17, 15) is 5.11 Å². The van der Waals surface area contributed by atoms with Gasteiger partial charge in [-0.1, -0.05) is 17.0 Å². The molecule has 1 aliphatic heterocycles. The van der Waals surface area contributed by atoms with Crippen LogP contribution in [0.3, 0.4) is 0 Å². The Morgan fingerprint density at radius 3 is 3.12 bits per heavy atom. The van der Waals surface area contributed by atoms with Crippen LogP contribution in [0.1, 0.15) is 6.42 Å². The minimum Gasteiger partial charge on any atom is -0.389 e. The Balaban J connectivity index is 1.84. The number of hydrogen-bond donors (Lipinski definition) is 1. The average molecular weight is 221 g/mol. The molecule has 16 heavy (non-hydrogen) atoms. The van der Waals surface area contributed by atoms with Gasteiger partial charge in [0.25, 0.3) is 0 Å². The zero-order valence-corrected chi connectivity index (χ0v) is 8.48. The first kappa shape index (κ1) is 9.56. The molecular weight excluding hydrogens is 210 g/mol. The predicted octanol–water partition coefficient (Wildman–Crippen LogP) is -0.0328.